The van der Waals surface area contributed by atoms with Crippen LogP contribution >= 0.6 is 0 Å². The van der Waals surface area contributed by atoms with Crippen LogP contribution in [0, 0.1) is 13.8 Å². The molecule has 2 heteroatoms. The summed E-state index contributed by atoms with van der Waals surface area (Å²) < 4.78 is 5.24. The van der Waals surface area contributed by atoms with Crippen LogP contribution in [0.5, 0.6) is 0 Å². The number of ether oxygens (including phenoxy) is 1. The molecule has 0 aliphatic carbocycles. The molecule has 0 aliphatic heterocycles. The molecule has 0 radical (unpaired) electrons. The Morgan fingerprint density at radius 2 is 1.93 bits per heavy atom. The van der Waals surface area contributed by atoms with E-state index < -0.39 is 0 Å². The van der Waals surface area contributed by atoms with E-state index in [1.54, 1.807) is 7.11 Å². The highest BCUT2D eigenvalue weighted by Gasteiger charge is 2.16. The SMILES string of the molecule is COC(C)C(N)c1cccc(C)c1C. The molecule has 14 heavy (non-hydrogen) atoms. The second-order valence-electron chi connectivity index (χ2n) is 3.76. The molecule has 2 nitrogen and oxygen atoms in total. The monoisotopic (exact) mass is 193 g/mol. The van der Waals surface area contributed by atoms with Crippen molar-refractivity contribution >= 4 is 0 Å². The minimum Gasteiger partial charge on any atom is -0.380 e. The Morgan fingerprint density at radius 3 is 2.50 bits per heavy atom. The van der Waals surface area contributed by atoms with Crippen LogP contribution in [0.25, 0.3) is 0 Å². The molecule has 0 heterocycles. The highest BCUT2D eigenvalue weighted by atomic mass is 16.5. The Bertz CT molecular complexity index is 309. The second kappa shape index (κ2) is 4.58. The summed E-state index contributed by atoms with van der Waals surface area (Å²) in [6.45, 7) is 6.20. The number of nitrogens with two attached hydrogens (primary N) is 1. The summed E-state index contributed by atoms with van der Waals surface area (Å²) in [5.41, 5.74) is 9.82. The van der Waals surface area contributed by atoms with Gasteiger partial charge in [-0.25, -0.2) is 0 Å². The third-order valence-corrected chi connectivity index (χ3v) is 2.88. The second-order valence-corrected chi connectivity index (χ2v) is 3.76. The number of benzene rings is 1. The topological polar surface area (TPSA) is 35.2 Å². The normalized spacial score (nSPS) is 15.2. The molecule has 2 N–H and O–H groups in total. The number of hydrogen-bond acceptors (Lipinski definition) is 2. The van der Waals surface area contributed by atoms with Crippen molar-refractivity contribution in [2.24, 2.45) is 5.73 Å². The van der Waals surface area contributed by atoms with Crippen LogP contribution in [0.4, 0.5) is 0 Å². The van der Waals surface area contributed by atoms with Crippen molar-refractivity contribution in [3.8, 4) is 0 Å². The van der Waals surface area contributed by atoms with Crippen LogP contribution in [0.1, 0.15) is 29.7 Å². The van der Waals surface area contributed by atoms with Gasteiger partial charge in [0.05, 0.1) is 12.1 Å². The average Bonchev–Trinajstić information content (AvgIpc) is 2.20. The molecule has 1 aromatic rings. The lowest BCUT2D eigenvalue weighted by atomic mass is 9.95. The first-order valence-corrected chi connectivity index (χ1v) is 4.92. The largest absolute Gasteiger partial charge is 0.380 e. The van der Waals surface area contributed by atoms with Crippen molar-refractivity contribution in [3.63, 3.8) is 0 Å². The van der Waals surface area contributed by atoms with Crippen LogP contribution < -0.4 is 5.73 Å². The Morgan fingerprint density at radius 1 is 1.29 bits per heavy atom. The predicted molar refractivity (Wildman–Crippen MR) is 59.3 cm³/mol. The first kappa shape index (κ1) is 11.2. The molecule has 1 aromatic carbocycles. The van der Waals surface area contributed by atoms with Gasteiger partial charge in [-0.2, -0.15) is 0 Å². The molecule has 2 unspecified atom stereocenters. The van der Waals surface area contributed by atoms with E-state index in [2.05, 4.69) is 26.0 Å². The van der Waals surface area contributed by atoms with Crippen LogP contribution in [-0.4, -0.2) is 13.2 Å². The van der Waals surface area contributed by atoms with Crippen molar-refractivity contribution in [1.82, 2.24) is 0 Å². The Balaban J connectivity index is 3.01. The molecule has 0 saturated heterocycles. The molecule has 0 spiro atoms. The minimum absolute atomic E-state index is 0.0418. The van der Waals surface area contributed by atoms with Gasteiger partial charge in [0.1, 0.15) is 0 Å². The zero-order valence-electron chi connectivity index (χ0n) is 9.37. The van der Waals surface area contributed by atoms with E-state index in [-0.39, 0.29) is 12.1 Å². The molecule has 2 atom stereocenters. The number of rotatable bonds is 3. The van der Waals surface area contributed by atoms with E-state index in [1.807, 2.05) is 13.0 Å². The van der Waals surface area contributed by atoms with E-state index in [1.165, 1.54) is 16.7 Å². The quantitative estimate of drug-likeness (QED) is 0.799. The molecule has 0 aliphatic rings. The Hall–Kier alpha value is -0.860. The fourth-order valence-corrected chi connectivity index (χ4v) is 1.53. The molecule has 1 rings (SSSR count). The van der Waals surface area contributed by atoms with Crippen molar-refractivity contribution in [3.05, 3.63) is 34.9 Å². The molecule has 0 aromatic heterocycles. The lowest BCUT2D eigenvalue weighted by Crippen LogP contribution is -2.26. The van der Waals surface area contributed by atoms with Crippen molar-refractivity contribution < 1.29 is 4.74 Å². The summed E-state index contributed by atoms with van der Waals surface area (Å²) in [6.07, 6.45) is 0.0514. The summed E-state index contributed by atoms with van der Waals surface area (Å²) in [7, 11) is 1.69. The molecule has 0 fully saturated rings. The van der Waals surface area contributed by atoms with Gasteiger partial charge >= 0.3 is 0 Å². The van der Waals surface area contributed by atoms with Gasteiger partial charge in [-0.15, -0.1) is 0 Å². The highest BCUT2D eigenvalue weighted by Crippen LogP contribution is 2.22. The smallest absolute Gasteiger partial charge is 0.0735 e. The third kappa shape index (κ3) is 2.14. The summed E-state index contributed by atoms with van der Waals surface area (Å²) in [5.74, 6) is 0. The molecule has 0 amide bonds. The standard InChI is InChI=1S/C12H19NO/c1-8-6-5-7-11(9(8)2)12(13)10(3)14-4/h5-7,10,12H,13H2,1-4H3. The Labute approximate surface area is 86.1 Å². The van der Waals surface area contributed by atoms with Crippen molar-refractivity contribution in [1.29, 1.82) is 0 Å². The maximum absolute atomic E-state index is 6.09. The molecule has 78 valence electrons. The molecule has 0 bridgehead atoms. The fraction of sp³-hybridized carbons (Fsp3) is 0.500. The number of methoxy groups -OCH3 is 1. The summed E-state index contributed by atoms with van der Waals surface area (Å²) >= 11 is 0. The van der Waals surface area contributed by atoms with E-state index >= 15 is 0 Å². The predicted octanol–water partition coefficient (Wildman–Crippen LogP) is 2.34. The van der Waals surface area contributed by atoms with E-state index in [0.717, 1.165) is 0 Å². The number of hydrogen-bond donors (Lipinski definition) is 1. The minimum atomic E-state index is -0.0418. The maximum Gasteiger partial charge on any atom is 0.0735 e. The third-order valence-electron chi connectivity index (χ3n) is 2.88. The van der Waals surface area contributed by atoms with Gasteiger partial charge in [-0.1, -0.05) is 18.2 Å². The summed E-state index contributed by atoms with van der Waals surface area (Å²) in [5, 5.41) is 0. The van der Waals surface area contributed by atoms with Crippen LogP contribution in [0.2, 0.25) is 0 Å². The summed E-state index contributed by atoms with van der Waals surface area (Å²) in [6, 6.07) is 6.17. The van der Waals surface area contributed by atoms with Gasteiger partial charge in [-0.3, -0.25) is 0 Å². The van der Waals surface area contributed by atoms with Crippen LogP contribution in [0.15, 0.2) is 18.2 Å². The highest BCUT2D eigenvalue weighted by molar-refractivity contribution is 5.35. The lowest BCUT2D eigenvalue weighted by Gasteiger charge is -2.21. The average molecular weight is 193 g/mol. The van der Waals surface area contributed by atoms with E-state index in [9.17, 15) is 0 Å². The van der Waals surface area contributed by atoms with E-state index in [4.69, 9.17) is 10.5 Å². The van der Waals surface area contributed by atoms with Gasteiger partial charge in [0.25, 0.3) is 0 Å². The van der Waals surface area contributed by atoms with Crippen molar-refractivity contribution in [2.75, 3.05) is 7.11 Å². The van der Waals surface area contributed by atoms with Crippen molar-refractivity contribution in [2.45, 2.75) is 32.9 Å². The van der Waals surface area contributed by atoms with Gasteiger partial charge in [0.15, 0.2) is 0 Å². The van der Waals surface area contributed by atoms with Gasteiger partial charge in [0.2, 0.25) is 0 Å². The maximum atomic E-state index is 6.09. The van der Waals surface area contributed by atoms with Crippen LogP contribution in [0.3, 0.4) is 0 Å². The zero-order chi connectivity index (χ0) is 10.7. The molecular weight excluding hydrogens is 174 g/mol. The van der Waals surface area contributed by atoms with Gasteiger partial charge in [-0.05, 0) is 37.5 Å². The van der Waals surface area contributed by atoms with Gasteiger partial charge in [0, 0.05) is 7.11 Å². The zero-order valence-corrected chi connectivity index (χ0v) is 9.37. The fourth-order valence-electron chi connectivity index (χ4n) is 1.53. The van der Waals surface area contributed by atoms with E-state index in [0.29, 0.717) is 0 Å². The number of aryl methyl sites for hydroxylation is 1. The first-order chi connectivity index (χ1) is 6.57. The lowest BCUT2D eigenvalue weighted by molar-refractivity contribution is 0.0955. The first-order valence-electron chi connectivity index (χ1n) is 4.92. The Kier molecular flexibility index (Phi) is 3.67. The van der Waals surface area contributed by atoms with Crippen LogP contribution in [-0.2, 0) is 4.74 Å². The molecule has 0 saturated carbocycles. The molecular formula is C12H19NO. The van der Waals surface area contributed by atoms with Gasteiger partial charge < -0.3 is 10.5 Å². The summed E-state index contributed by atoms with van der Waals surface area (Å²) in [4.78, 5) is 0.